The molecule has 1 aliphatic rings. The van der Waals surface area contributed by atoms with Gasteiger partial charge in [-0.05, 0) is 11.8 Å². The summed E-state index contributed by atoms with van der Waals surface area (Å²) in [4.78, 5) is 22.6. The Kier molecular flexibility index (Phi) is 7.25. The Hall–Kier alpha value is -0.860. The van der Waals surface area contributed by atoms with Gasteiger partial charge < -0.3 is 9.53 Å². The van der Waals surface area contributed by atoms with E-state index in [9.17, 15) is 9.59 Å². The molecule has 0 aliphatic heterocycles. The highest BCUT2D eigenvalue weighted by molar-refractivity contribution is 5.84. The summed E-state index contributed by atoms with van der Waals surface area (Å²) in [6.07, 6.45) is 10.8. The average molecular weight is 282 g/mol. The van der Waals surface area contributed by atoms with Crippen molar-refractivity contribution in [1.82, 2.24) is 0 Å². The van der Waals surface area contributed by atoms with Crippen molar-refractivity contribution in [2.45, 2.75) is 72.1 Å². The van der Waals surface area contributed by atoms with E-state index in [0.29, 0.717) is 6.61 Å². The third kappa shape index (κ3) is 4.92. The predicted molar refractivity (Wildman–Crippen MR) is 80.4 cm³/mol. The fraction of sp³-hybridized carbons (Fsp3) is 0.882. The number of unbranched alkanes of at least 4 members (excludes halogenated alkanes) is 7. The first-order valence-corrected chi connectivity index (χ1v) is 8.17. The molecule has 0 bridgehead atoms. The molecule has 0 saturated heterocycles. The zero-order chi connectivity index (χ0) is 15.0. The summed E-state index contributed by atoms with van der Waals surface area (Å²) >= 11 is 0. The molecular formula is C17H30O3. The van der Waals surface area contributed by atoms with Gasteiger partial charge in [0, 0.05) is 5.92 Å². The van der Waals surface area contributed by atoms with Crippen molar-refractivity contribution < 1.29 is 14.3 Å². The van der Waals surface area contributed by atoms with Crippen molar-refractivity contribution in [3.8, 4) is 0 Å². The molecule has 0 aromatic rings. The highest BCUT2D eigenvalue weighted by Crippen LogP contribution is 2.57. The number of carbonyl (C=O) groups excluding carboxylic acids is 2. The molecule has 3 nitrogen and oxygen atoms in total. The van der Waals surface area contributed by atoms with Crippen LogP contribution in [-0.2, 0) is 14.3 Å². The molecule has 0 amide bonds. The first-order valence-electron chi connectivity index (χ1n) is 8.17. The second-order valence-corrected chi connectivity index (χ2v) is 6.60. The maximum atomic E-state index is 11.8. The van der Waals surface area contributed by atoms with E-state index in [4.69, 9.17) is 4.74 Å². The average Bonchev–Trinajstić information content (AvgIpc) is 2.98. The van der Waals surface area contributed by atoms with Crippen molar-refractivity contribution in [3.05, 3.63) is 0 Å². The van der Waals surface area contributed by atoms with E-state index >= 15 is 0 Å². The largest absolute Gasteiger partial charge is 0.465 e. The molecule has 3 heteroatoms. The van der Waals surface area contributed by atoms with E-state index in [0.717, 1.165) is 19.1 Å². The maximum absolute atomic E-state index is 11.8. The van der Waals surface area contributed by atoms with Crippen molar-refractivity contribution in [2.24, 2.45) is 17.3 Å². The minimum atomic E-state index is -0.214. The molecule has 0 aromatic heterocycles. The quantitative estimate of drug-likeness (QED) is 0.325. The number of ether oxygens (including phenoxy) is 1. The van der Waals surface area contributed by atoms with E-state index in [1.54, 1.807) is 0 Å². The molecule has 0 aromatic carbocycles. The molecule has 1 fully saturated rings. The van der Waals surface area contributed by atoms with E-state index in [2.05, 4.69) is 6.92 Å². The van der Waals surface area contributed by atoms with Crippen LogP contribution in [0.1, 0.15) is 72.1 Å². The van der Waals surface area contributed by atoms with E-state index in [1.165, 1.54) is 38.5 Å². The van der Waals surface area contributed by atoms with Gasteiger partial charge in [-0.1, -0.05) is 65.7 Å². The Morgan fingerprint density at radius 2 is 1.60 bits per heavy atom. The molecule has 2 unspecified atom stereocenters. The lowest BCUT2D eigenvalue weighted by molar-refractivity contribution is -0.146. The number of rotatable bonds is 11. The van der Waals surface area contributed by atoms with Gasteiger partial charge in [0.2, 0.25) is 0 Å². The summed E-state index contributed by atoms with van der Waals surface area (Å²) in [5.74, 6) is -0.544. The molecule has 2 atom stereocenters. The van der Waals surface area contributed by atoms with E-state index in [-0.39, 0.29) is 23.2 Å². The summed E-state index contributed by atoms with van der Waals surface area (Å²) in [5.41, 5.74) is -0.196. The lowest BCUT2D eigenvalue weighted by Crippen LogP contribution is -2.11. The van der Waals surface area contributed by atoms with Crippen LogP contribution in [0, 0.1) is 17.3 Å². The number of hydrogen-bond donors (Lipinski definition) is 0. The topological polar surface area (TPSA) is 43.4 Å². The van der Waals surface area contributed by atoms with Gasteiger partial charge in [0.05, 0.1) is 12.5 Å². The number of esters is 1. The highest BCUT2D eigenvalue weighted by Gasteiger charge is 2.62. The van der Waals surface area contributed by atoms with Crippen molar-refractivity contribution in [2.75, 3.05) is 6.61 Å². The van der Waals surface area contributed by atoms with Crippen LogP contribution < -0.4 is 0 Å². The first kappa shape index (κ1) is 17.2. The smallest absolute Gasteiger partial charge is 0.310 e. The van der Waals surface area contributed by atoms with Gasteiger partial charge in [0.25, 0.3) is 0 Å². The summed E-state index contributed by atoms with van der Waals surface area (Å²) in [6, 6.07) is 0. The van der Waals surface area contributed by atoms with Crippen LogP contribution in [0.3, 0.4) is 0 Å². The molecule has 20 heavy (non-hydrogen) atoms. The molecule has 0 radical (unpaired) electrons. The zero-order valence-electron chi connectivity index (χ0n) is 13.3. The Bertz CT molecular complexity index is 309. The van der Waals surface area contributed by atoms with Crippen LogP contribution in [0.25, 0.3) is 0 Å². The fourth-order valence-electron chi connectivity index (χ4n) is 2.88. The molecule has 0 heterocycles. The summed E-state index contributed by atoms with van der Waals surface area (Å²) in [5, 5.41) is 0. The Morgan fingerprint density at radius 3 is 2.10 bits per heavy atom. The van der Waals surface area contributed by atoms with Gasteiger partial charge in [-0.3, -0.25) is 4.79 Å². The SMILES string of the molecule is CCCCCCCCCCOC(=O)C1C(C=O)C1(C)C. The molecule has 1 aliphatic carbocycles. The zero-order valence-corrected chi connectivity index (χ0v) is 13.3. The molecule has 0 spiro atoms. The molecular weight excluding hydrogens is 252 g/mol. The summed E-state index contributed by atoms with van der Waals surface area (Å²) in [7, 11) is 0. The predicted octanol–water partition coefficient (Wildman–Crippen LogP) is 4.14. The number of aldehydes is 1. The van der Waals surface area contributed by atoms with Crippen LogP contribution in [0.5, 0.6) is 0 Å². The second-order valence-electron chi connectivity index (χ2n) is 6.60. The Balaban J connectivity index is 1.97. The normalized spacial score (nSPS) is 23.4. The van der Waals surface area contributed by atoms with Gasteiger partial charge >= 0.3 is 5.97 Å². The van der Waals surface area contributed by atoms with Crippen LogP contribution in [0.2, 0.25) is 0 Å². The van der Waals surface area contributed by atoms with Gasteiger partial charge in [0.15, 0.2) is 0 Å². The summed E-state index contributed by atoms with van der Waals surface area (Å²) < 4.78 is 5.28. The molecule has 1 saturated carbocycles. The molecule has 0 N–H and O–H groups in total. The van der Waals surface area contributed by atoms with E-state index < -0.39 is 0 Å². The minimum Gasteiger partial charge on any atom is -0.465 e. The van der Waals surface area contributed by atoms with Crippen LogP contribution >= 0.6 is 0 Å². The number of hydrogen-bond acceptors (Lipinski definition) is 3. The molecule has 116 valence electrons. The van der Waals surface area contributed by atoms with Crippen molar-refractivity contribution >= 4 is 12.3 Å². The first-order chi connectivity index (χ1) is 9.55. The van der Waals surface area contributed by atoms with Crippen LogP contribution in [0.4, 0.5) is 0 Å². The fourth-order valence-corrected chi connectivity index (χ4v) is 2.88. The Morgan fingerprint density at radius 1 is 1.05 bits per heavy atom. The van der Waals surface area contributed by atoms with Crippen LogP contribution in [0.15, 0.2) is 0 Å². The van der Waals surface area contributed by atoms with Crippen molar-refractivity contribution in [1.29, 1.82) is 0 Å². The van der Waals surface area contributed by atoms with Crippen molar-refractivity contribution in [3.63, 3.8) is 0 Å². The highest BCUT2D eigenvalue weighted by atomic mass is 16.5. The third-order valence-corrected chi connectivity index (χ3v) is 4.55. The van der Waals surface area contributed by atoms with Crippen LogP contribution in [-0.4, -0.2) is 18.9 Å². The van der Waals surface area contributed by atoms with Gasteiger partial charge in [0.1, 0.15) is 6.29 Å². The lowest BCUT2D eigenvalue weighted by Gasteiger charge is -2.05. The minimum absolute atomic E-state index is 0.145. The molecule has 1 rings (SSSR count). The lowest BCUT2D eigenvalue weighted by atomic mass is 10.1. The van der Waals surface area contributed by atoms with E-state index in [1.807, 2.05) is 13.8 Å². The van der Waals surface area contributed by atoms with Gasteiger partial charge in [-0.15, -0.1) is 0 Å². The number of carbonyl (C=O) groups is 2. The maximum Gasteiger partial charge on any atom is 0.310 e. The standard InChI is InChI=1S/C17H30O3/c1-4-5-6-7-8-9-10-11-12-20-16(19)15-14(13-18)17(15,2)3/h13-15H,4-12H2,1-3H3. The van der Waals surface area contributed by atoms with Gasteiger partial charge in [-0.25, -0.2) is 0 Å². The summed E-state index contributed by atoms with van der Waals surface area (Å²) in [6.45, 7) is 6.64. The monoisotopic (exact) mass is 282 g/mol. The third-order valence-electron chi connectivity index (χ3n) is 4.55. The Labute approximate surface area is 123 Å². The second kappa shape index (κ2) is 8.43. The van der Waals surface area contributed by atoms with Gasteiger partial charge in [-0.2, -0.15) is 0 Å².